The topological polar surface area (TPSA) is 0 Å². The van der Waals surface area contributed by atoms with E-state index in [1.165, 1.54) is 23.5 Å². The summed E-state index contributed by atoms with van der Waals surface area (Å²) in [5.41, 5.74) is 0.0727. The number of thiophene rings is 1. The highest BCUT2D eigenvalue weighted by Crippen LogP contribution is 2.36. The molecule has 0 saturated heterocycles. The van der Waals surface area contributed by atoms with E-state index in [1.807, 2.05) is 0 Å². The van der Waals surface area contributed by atoms with E-state index < -0.39 is 6.43 Å². The Hall–Kier alpha value is 0.120. The number of thiol groups is 1. The van der Waals surface area contributed by atoms with Gasteiger partial charge in [-0.25, -0.2) is 8.78 Å². The van der Waals surface area contributed by atoms with Gasteiger partial charge in [0.15, 0.2) is 0 Å². The van der Waals surface area contributed by atoms with Gasteiger partial charge in [-0.05, 0) is 28.7 Å². The molecule has 74 valence electrons. The molecule has 0 unspecified atom stereocenters. The van der Waals surface area contributed by atoms with Crippen LogP contribution in [0.3, 0.4) is 0 Å². The molecule has 0 radical (unpaired) electrons. The van der Waals surface area contributed by atoms with Crippen LogP contribution in [0.4, 0.5) is 8.78 Å². The molecular formula is C9H5F2IS2. The van der Waals surface area contributed by atoms with Crippen LogP contribution in [0.25, 0.3) is 10.1 Å². The SMILES string of the molecule is FC(F)c1ccc2c(I)c(S)sc2c1. The van der Waals surface area contributed by atoms with Crippen molar-refractivity contribution in [1.82, 2.24) is 0 Å². The number of alkyl halides is 2. The minimum absolute atomic E-state index is 0.0727. The molecule has 1 aromatic heterocycles. The van der Waals surface area contributed by atoms with Gasteiger partial charge in [0.2, 0.25) is 0 Å². The maximum atomic E-state index is 12.4. The van der Waals surface area contributed by atoms with Gasteiger partial charge in [-0.2, -0.15) is 0 Å². The van der Waals surface area contributed by atoms with Gasteiger partial charge in [-0.15, -0.1) is 24.0 Å². The van der Waals surface area contributed by atoms with Crippen LogP contribution >= 0.6 is 46.6 Å². The molecule has 0 aliphatic heterocycles. The predicted molar refractivity (Wildman–Crippen MR) is 66.8 cm³/mol. The lowest BCUT2D eigenvalue weighted by molar-refractivity contribution is 0.151. The van der Waals surface area contributed by atoms with Gasteiger partial charge in [-0.1, -0.05) is 12.1 Å². The second kappa shape index (κ2) is 3.94. The second-order valence-corrected chi connectivity index (χ2v) is 5.66. The molecule has 0 bridgehead atoms. The first-order chi connectivity index (χ1) is 6.59. The molecule has 0 aliphatic rings. The molecule has 0 amide bonds. The molecule has 2 rings (SSSR count). The fraction of sp³-hybridized carbons (Fsp3) is 0.111. The van der Waals surface area contributed by atoms with Crippen LogP contribution in [0.15, 0.2) is 22.4 Å². The molecule has 0 aliphatic carbocycles. The van der Waals surface area contributed by atoms with Crippen LogP contribution in [-0.2, 0) is 0 Å². The van der Waals surface area contributed by atoms with Crippen LogP contribution in [0.1, 0.15) is 12.0 Å². The van der Waals surface area contributed by atoms with Gasteiger partial charge in [0.1, 0.15) is 0 Å². The smallest absolute Gasteiger partial charge is 0.205 e. The maximum absolute atomic E-state index is 12.4. The van der Waals surface area contributed by atoms with E-state index in [0.717, 1.165) is 17.9 Å². The molecular weight excluding hydrogens is 337 g/mol. The number of fused-ring (bicyclic) bond motifs is 1. The zero-order chi connectivity index (χ0) is 10.3. The first-order valence-corrected chi connectivity index (χ1v) is 6.13. The molecule has 2 aromatic rings. The van der Waals surface area contributed by atoms with Gasteiger partial charge in [0, 0.05) is 19.2 Å². The Morgan fingerprint density at radius 3 is 2.71 bits per heavy atom. The van der Waals surface area contributed by atoms with Crippen molar-refractivity contribution in [3.63, 3.8) is 0 Å². The minimum Gasteiger partial charge on any atom is -0.205 e. The van der Waals surface area contributed by atoms with Crippen molar-refractivity contribution < 1.29 is 8.78 Å². The van der Waals surface area contributed by atoms with Crippen molar-refractivity contribution in [2.75, 3.05) is 0 Å². The highest BCUT2D eigenvalue weighted by molar-refractivity contribution is 14.1. The summed E-state index contributed by atoms with van der Waals surface area (Å²) in [5.74, 6) is 0. The summed E-state index contributed by atoms with van der Waals surface area (Å²) in [6.45, 7) is 0. The normalized spacial score (nSPS) is 11.5. The summed E-state index contributed by atoms with van der Waals surface area (Å²) in [5, 5.41) is 1.00. The Kier molecular flexibility index (Phi) is 2.99. The fourth-order valence-corrected chi connectivity index (χ4v) is 3.49. The second-order valence-electron chi connectivity index (χ2n) is 2.78. The maximum Gasteiger partial charge on any atom is 0.263 e. The van der Waals surface area contributed by atoms with Crippen molar-refractivity contribution >= 4 is 56.6 Å². The van der Waals surface area contributed by atoms with Crippen LogP contribution < -0.4 is 0 Å². The summed E-state index contributed by atoms with van der Waals surface area (Å²) < 4.78 is 27.6. The fourth-order valence-electron chi connectivity index (χ4n) is 1.20. The first kappa shape index (κ1) is 10.6. The average Bonchev–Trinajstić information content (AvgIpc) is 2.42. The average molecular weight is 342 g/mol. The Morgan fingerprint density at radius 1 is 1.36 bits per heavy atom. The molecule has 5 heteroatoms. The predicted octanol–water partition coefficient (Wildman–Crippen LogP) is 4.73. The zero-order valence-electron chi connectivity index (χ0n) is 6.80. The van der Waals surface area contributed by atoms with Crippen LogP contribution in [0, 0.1) is 3.57 Å². The van der Waals surface area contributed by atoms with Crippen molar-refractivity contribution in [2.45, 2.75) is 10.6 Å². The Labute approximate surface area is 103 Å². The highest BCUT2D eigenvalue weighted by Gasteiger charge is 2.11. The number of rotatable bonds is 1. The van der Waals surface area contributed by atoms with E-state index in [0.29, 0.717) is 0 Å². The number of hydrogen-bond acceptors (Lipinski definition) is 2. The van der Waals surface area contributed by atoms with E-state index in [9.17, 15) is 8.78 Å². The Morgan fingerprint density at radius 2 is 2.07 bits per heavy atom. The third-order valence-corrected chi connectivity index (χ3v) is 5.25. The molecule has 1 heterocycles. The molecule has 0 atom stereocenters. The van der Waals surface area contributed by atoms with Crippen molar-refractivity contribution in [2.24, 2.45) is 0 Å². The summed E-state index contributed by atoms with van der Waals surface area (Å²) in [6.07, 6.45) is -2.40. The number of benzene rings is 1. The van der Waals surface area contributed by atoms with Gasteiger partial charge in [-0.3, -0.25) is 0 Å². The van der Waals surface area contributed by atoms with Crippen molar-refractivity contribution in [3.8, 4) is 0 Å². The summed E-state index contributed by atoms with van der Waals surface area (Å²) in [6, 6.07) is 4.73. The van der Waals surface area contributed by atoms with E-state index in [1.54, 1.807) is 6.07 Å². The van der Waals surface area contributed by atoms with Crippen LogP contribution in [0.2, 0.25) is 0 Å². The molecule has 0 spiro atoms. The largest absolute Gasteiger partial charge is 0.263 e. The number of hydrogen-bond donors (Lipinski definition) is 1. The third kappa shape index (κ3) is 1.77. The summed E-state index contributed by atoms with van der Waals surface area (Å²) in [4.78, 5) is 0. The van der Waals surface area contributed by atoms with Gasteiger partial charge in [0.25, 0.3) is 6.43 Å². The monoisotopic (exact) mass is 342 g/mol. The van der Waals surface area contributed by atoms with Gasteiger partial charge >= 0.3 is 0 Å². The zero-order valence-corrected chi connectivity index (χ0v) is 10.7. The van der Waals surface area contributed by atoms with Crippen molar-refractivity contribution in [1.29, 1.82) is 0 Å². The molecule has 0 nitrogen and oxygen atoms in total. The third-order valence-electron chi connectivity index (χ3n) is 1.89. The van der Waals surface area contributed by atoms with E-state index >= 15 is 0 Å². The standard InChI is InChI=1S/C9H5F2IS2/c10-8(11)4-1-2-5-6(3-4)14-9(13)7(5)12/h1-3,8,13H. The van der Waals surface area contributed by atoms with E-state index in [2.05, 4.69) is 35.2 Å². The molecule has 1 aromatic carbocycles. The lowest BCUT2D eigenvalue weighted by Crippen LogP contribution is -1.81. The van der Waals surface area contributed by atoms with Crippen LogP contribution in [0.5, 0.6) is 0 Å². The Balaban J connectivity index is 2.67. The van der Waals surface area contributed by atoms with E-state index in [4.69, 9.17) is 0 Å². The minimum atomic E-state index is -2.40. The number of halogens is 3. The molecule has 0 fully saturated rings. The lowest BCUT2D eigenvalue weighted by Gasteiger charge is -1.98. The van der Waals surface area contributed by atoms with Crippen LogP contribution in [-0.4, -0.2) is 0 Å². The van der Waals surface area contributed by atoms with E-state index in [-0.39, 0.29) is 5.56 Å². The summed E-state index contributed by atoms with van der Waals surface area (Å²) >= 11 is 7.87. The Bertz CT molecular complexity index is 479. The highest BCUT2D eigenvalue weighted by atomic mass is 127. The molecule has 0 saturated carbocycles. The molecule has 14 heavy (non-hydrogen) atoms. The first-order valence-electron chi connectivity index (χ1n) is 3.78. The van der Waals surface area contributed by atoms with Gasteiger partial charge < -0.3 is 0 Å². The van der Waals surface area contributed by atoms with Gasteiger partial charge in [0.05, 0.1) is 4.21 Å². The molecule has 0 N–H and O–H groups in total. The quantitative estimate of drug-likeness (QED) is 0.562. The summed E-state index contributed by atoms with van der Waals surface area (Å²) in [7, 11) is 0. The lowest BCUT2D eigenvalue weighted by atomic mass is 10.2. The van der Waals surface area contributed by atoms with Crippen molar-refractivity contribution in [3.05, 3.63) is 27.3 Å².